The van der Waals surface area contributed by atoms with Crippen LogP contribution in [0.1, 0.15) is 44.4 Å². The van der Waals surface area contributed by atoms with Gasteiger partial charge >= 0.3 is 0 Å². The standard InChI is InChI=1S/C16H26O3/c1-11-9-12(16(5,18-7)19-8)10-13(14(11)17-6)15(2,3)4/h9-10H,1-8H3. The van der Waals surface area contributed by atoms with Gasteiger partial charge in [-0.25, -0.2) is 0 Å². The first-order valence-corrected chi connectivity index (χ1v) is 6.49. The lowest BCUT2D eigenvalue weighted by atomic mass is 9.83. The maximum absolute atomic E-state index is 5.56. The van der Waals surface area contributed by atoms with Gasteiger partial charge in [0.1, 0.15) is 5.75 Å². The lowest BCUT2D eigenvalue weighted by Gasteiger charge is -2.31. The normalized spacial score (nSPS) is 12.6. The van der Waals surface area contributed by atoms with Crippen LogP contribution in [0.3, 0.4) is 0 Å². The van der Waals surface area contributed by atoms with Crippen LogP contribution in [-0.4, -0.2) is 21.3 Å². The first-order valence-electron chi connectivity index (χ1n) is 6.49. The molecular weight excluding hydrogens is 240 g/mol. The lowest BCUT2D eigenvalue weighted by molar-refractivity contribution is -0.201. The maximum Gasteiger partial charge on any atom is 0.191 e. The minimum absolute atomic E-state index is 0.00545. The van der Waals surface area contributed by atoms with E-state index in [0.717, 1.165) is 22.4 Å². The average Bonchev–Trinajstić information content (AvgIpc) is 2.35. The molecule has 1 rings (SSSR count). The van der Waals surface area contributed by atoms with E-state index in [9.17, 15) is 0 Å². The minimum atomic E-state index is -0.739. The number of ether oxygens (including phenoxy) is 3. The van der Waals surface area contributed by atoms with Crippen molar-refractivity contribution in [1.82, 2.24) is 0 Å². The second-order valence-electron chi connectivity index (χ2n) is 5.98. The molecule has 0 bridgehead atoms. The van der Waals surface area contributed by atoms with Gasteiger partial charge in [0.2, 0.25) is 0 Å². The molecule has 0 amide bonds. The van der Waals surface area contributed by atoms with Crippen molar-refractivity contribution in [1.29, 1.82) is 0 Å². The van der Waals surface area contributed by atoms with Gasteiger partial charge in [-0.15, -0.1) is 0 Å². The minimum Gasteiger partial charge on any atom is -0.496 e. The van der Waals surface area contributed by atoms with Crippen molar-refractivity contribution in [3.05, 3.63) is 28.8 Å². The Hall–Kier alpha value is -1.06. The Kier molecular flexibility index (Phi) is 4.64. The van der Waals surface area contributed by atoms with Crippen molar-refractivity contribution >= 4 is 0 Å². The number of hydrogen-bond acceptors (Lipinski definition) is 3. The Balaban J connectivity index is 3.52. The summed E-state index contributed by atoms with van der Waals surface area (Å²) in [5.74, 6) is 0.197. The third-order valence-corrected chi connectivity index (χ3v) is 3.59. The Morgan fingerprint density at radius 3 is 1.79 bits per heavy atom. The SMILES string of the molecule is COc1c(C)cc(C(C)(OC)OC)cc1C(C)(C)C. The van der Waals surface area contributed by atoms with Gasteiger partial charge in [0.25, 0.3) is 0 Å². The van der Waals surface area contributed by atoms with Crippen molar-refractivity contribution in [2.75, 3.05) is 21.3 Å². The fourth-order valence-electron chi connectivity index (χ4n) is 2.18. The topological polar surface area (TPSA) is 27.7 Å². The first-order chi connectivity index (χ1) is 8.69. The van der Waals surface area contributed by atoms with Gasteiger partial charge in [0.15, 0.2) is 5.79 Å². The fraction of sp³-hybridized carbons (Fsp3) is 0.625. The highest BCUT2D eigenvalue weighted by Crippen LogP contribution is 2.38. The molecule has 0 aliphatic rings. The van der Waals surface area contributed by atoms with E-state index in [2.05, 4.69) is 32.9 Å². The molecule has 0 spiro atoms. The van der Waals surface area contributed by atoms with Crippen LogP contribution >= 0.6 is 0 Å². The smallest absolute Gasteiger partial charge is 0.191 e. The number of benzene rings is 1. The molecule has 0 aliphatic heterocycles. The highest BCUT2D eigenvalue weighted by molar-refractivity contribution is 5.48. The number of aryl methyl sites for hydroxylation is 1. The molecule has 19 heavy (non-hydrogen) atoms. The molecule has 0 aromatic heterocycles. The van der Waals surface area contributed by atoms with Crippen LogP contribution < -0.4 is 4.74 Å². The van der Waals surface area contributed by atoms with Gasteiger partial charge in [0.05, 0.1) is 7.11 Å². The van der Waals surface area contributed by atoms with E-state index >= 15 is 0 Å². The Morgan fingerprint density at radius 1 is 0.895 bits per heavy atom. The zero-order valence-electron chi connectivity index (χ0n) is 13.4. The fourth-order valence-corrected chi connectivity index (χ4v) is 2.18. The second-order valence-corrected chi connectivity index (χ2v) is 5.98. The van der Waals surface area contributed by atoms with Crippen LogP contribution in [0.2, 0.25) is 0 Å². The van der Waals surface area contributed by atoms with Gasteiger partial charge in [-0.2, -0.15) is 0 Å². The zero-order chi connectivity index (χ0) is 14.8. The summed E-state index contributed by atoms with van der Waals surface area (Å²) in [6.07, 6.45) is 0. The van der Waals surface area contributed by atoms with Crippen molar-refractivity contribution in [3.8, 4) is 5.75 Å². The maximum atomic E-state index is 5.56. The predicted molar refractivity (Wildman–Crippen MR) is 77.8 cm³/mol. The molecule has 1 aromatic rings. The summed E-state index contributed by atoms with van der Waals surface area (Å²) in [5.41, 5.74) is 3.24. The molecular formula is C16H26O3. The van der Waals surface area contributed by atoms with E-state index in [1.165, 1.54) is 0 Å². The van der Waals surface area contributed by atoms with Crippen LogP contribution in [0.4, 0.5) is 0 Å². The summed E-state index contributed by atoms with van der Waals surface area (Å²) in [4.78, 5) is 0. The van der Waals surface area contributed by atoms with E-state index < -0.39 is 5.79 Å². The molecule has 0 fully saturated rings. The van der Waals surface area contributed by atoms with E-state index in [4.69, 9.17) is 14.2 Å². The Bertz CT molecular complexity index is 440. The van der Waals surface area contributed by atoms with E-state index in [1.54, 1.807) is 21.3 Å². The number of rotatable bonds is 4. The van der Waals surface area contributed by atoms with E-state index in [-0.39, 0.29) is 5.41 Å². The van der Waals surface area contributed by atoms with Gasteiger partial charge in [0, 0.05) is 25.3 Å². The van der Waals surface area contributed by atoms with Gasteiger partial charge in [-0.1, -0.05) is 20.8 Å². The summed E-state index contributed by atoms with van der Waals surface area (Å²) >= 11 is 0. The van der Waals surface area contributed by atoms with Crippen LogP contribution in [0.15, 0.2) is 12.1 Å². The summed E-state index contributed by atoms with van der Waals surface area (Å²) in [7, 11) is 5.02. The van der Waals surface area contributed by atoms with Crippen LogP contribution in [0.25, 0.3) is 0 Å². The number of hydrogen-bond donors (Lipinski definition) is 0. The quantitative estimate of drug-likeness (QED) is 0.776. The Labute approximate surface area is 116 Å². The first kappa shape index (κ1) is 16.0. The molecule has 0 atom stereocenters. The highest BCUT2D eigenvalue weighted by atomic mass is 16.7. The summed E-state index contributed by atoms with van der Waals surface area (Å²) < 4.78 is 16.6. The largest absolute Gasteiger partial charge is 0.496 e. The predicted octanol–water partition coefficient (Wildman–Crippen LogP) is 3.77. The molecule has 3 nitrogen and oxygen atoms in total. The molecule has 0 aliphatic carbocycles. The third-order valence-electron chi connectivity index (χ3n) is 3.59. The van der Waals surface area contributed by atoms with Gasteiger partial charge < -0.3 is 14.2 Å². The van der Waals surface area contributed by atoms with Crippen molar-refractivity contribution in [2.45, 2.75) is 45.8 Å². The summed E-state index contributed by atoms with van der Waals surface area (Å²) in [6.45, 7) is 10.5. The molecule has 1 aromatic carbocycles. The van der Waals surface area contributed by atoms with Crippen LogP contribution in [0, 0.1) is 6.92 Å². The molecule has 0 unspecified atom stereocenters. The van der Waals surface area contributed by atoms with Gasteiger partial charge in [-0.3, -0.25) is 0 Å². The molecule has 3 heteroatoms. The molecule has 108 valence electrons. The monoisotopic (exact) mass is 266 g/mol. The van der Waals surface area contributed by atoms with E-state index in [1.807, 2.05) is 13.8 Å². The van der Waals surface area contributed by atoms with Crippen molar-refractivity contribution in [3.63, 3.8) is 0 Å². The lowest BCUT2D eigenvalue weighted by Crippen LogP contribution is -2.28. The van der Waals surface area contributed by atoms with Crippen molar-refractivity contribution < 1.29 is 14.2 Å². The van der Waals surface area contributed by atoms with Crippen molar-refractivity contribution in [2.24, 2.45) is 0 Å². The number of methoxy groups -OCH3 is 3. The van der Waals surface area contributed by atoms with E-state index in [0.29, 0.717) is 0 Å². The summed E-state index contributed by atoms with van der Waals surface area (Å²) in [6, 6.07) is 4.17. The van der Waals surface area contributed by atoms with Crippen LogP contribution in [0.5, 0.6) is 5.75 Å². The highest BCUT2D eigenvalue weighted by Gasteiger charge is 2.30. The van der Waals surface area contributed by atoms with Gasteiger partial charge in [-0.05, 0) is 37.0 Å². The second kappa shape index (κ2) is 5.51. The molecule has 0 radical (unpaired) electrons. The third kappa shape index (κ3) is 3.10. The average molecular weight is 266 g/mol. The van der Waals surface area contributed by atoms with Crippen LogP contribution in [-0.2, 0) is 20.7 Å². The molecule has 0 heterocycles. The zero-order valence-corrected chi connectivity index (χ0v) is 13.4. The summed E-state index contributed by atoms with van der Waals surface area (Å²) in [5, 5.41) is 0. The molecule has 0 saturated carbocycles. The molecule has 0 N–H and O–H groups in total. The Morgan fingerprint density at radius 2 is 1.42 bits per heavy atom. The molecule has 0 saturated heterocycles.